The molecule has 1 aliphatic carbocycles. The summed E-state index contributed by atoms with van der Waals surface area (Å²) in [7, 11) is 0. The van der Waals surface area contributed by atoms with Crippen molar-refractivity contribution in [1.29, 1.82) is 0 Å². The van der Waals surface area contributed by atoms with Crippen LogP contribution in [0.15, 0.2) is 73.9 Å². The molecule has 0 spiro atoms. The summed E-state index contributed by atoms with van der Waals surface area (Å²) in [6.45, 7) is 2.74. The minimum absolute atomic E-state index is 0.104. The van der Waals surface area contributed by atoms with E-state index in [1.165, 1.54) is 17.8 Å². The Labute approximate surface area is 185 Å². The van der Waals surface area contributed by atoms with E-state index >= 15 is 0 Å². The maximum absolute atomic E-state index is 14.0. The normalized spacial score (nSPS) is 15.2. The average Bonchev–Trinajstić information content (AvgIpc) is 2.90. The Morgan fingerprint density at radius 3 is 2.80 bits per heavy atom. The molecule has 2 aromatic carbocycles. The van der Waals surface area contributed by atoms with Crippen molar-refractivity contribution in [3.05, 3.63) is 76.1 Å². The maximum atomic E-state index is 14.0. The molecular weight excluding hydrogens is 419 g/mol. The molecule has 0 radical (unpaired) electrons. The zero-order valence-electron chi connectivity index (χ0n) is 16.7. The quantitative estimate of drug-likeness (QED) is 0.520. The molecule has 1 heterocycles. The summed E-state index contributed by atoms with van der Waals surface area (Å²) in [4.78, 5) is 19.2. The van der Waals surface area contributed by atoms with Crippen LogP contribution in [0, 0.1) is 5.82 Å². The third-order valence-electron chi connectivity index (χ3n) is 5.09. The van der Waals surface area contributed by atoms with E-state index < -0.39 is 0 Å². The first-order valence-corrected chi connectivity index (χ1v) is 11.3. The highest BCUT2D eigenvalue weighted by Crippen LogP contribution is 2.42. The van der Waals surface area contributed by atoms with Crippen LogP contribution in [0.3, 0.4) is 0 Å². The molecule has 6 heteroatoms. The fraction of sp³-hybridized carbons (Fsp3) is 0.250. The van der Waals surface area contributed by atoms with Crippen LogP contribution < -0.4 is 5.32 Å². The van der Waals surface area contributed by atoms with Gasteiger partial charge < -0.3 is 5.32 Å². The highest BCUT2D eigenvalue weighted by molar-refractivity contribution is 7.99. The Morgan fingerprint density at radius 2 is 2.03 bits per heavy atom. The van der Waals surface area contributed by atoms with Gasteiger partial charge in [0.2, 0.25) is 0 Å². The molecule has 0 bridgehead atoms. The minimum atomic E-state index is -0.281. The first-order chi connectivity index (χ1) is 14.5. The molecule has 1 amide bonds. The number of benzene rings is 2. The molecule has 0 atom stereocenters. The lowest BCUT2D eigenvalue weighted by Gasteiger charge is -2.15. The van der Waals surface area contributed by atoms with E-state index in [0.717, 1.165) is 63.0 Å². The van der Waals surface area contributed by atoms with Crippen molar-refractivity contribution in [1.82, 2.24) is 5.32 Å². The number of carbonyl (C=O) groups is 1. The van der Waals surface area contributed by atoms with Gasteiger partial charge in [-0.2, -0.15) is 0 Å². The number of fused-ring (bicyclic) bond motifs is 2. The summed E-state index contributed by atoms with van der Waals surface area (Å²) in [5, 5.41) is 3.76. The Bertz CT molecular complexity index is 1090. The molecule has 3 nitrogen and oxygen atoms in total. The zero-order valence-corrected chi connectivity index (χ0v) is 18.2. The molecule has 0 unspecified atom stereocenters. The lowest BCUT2D eigenvalue weighted by atomic mass is 9.95. The van der Waals surface area contributed by atoms with Crippen molar-refractivity contribution in [2.45, 2.75) is 42.4 Å². The number of carbonyl (C=O) groups excluding carboxylic acids is 1. The third-order valence-corrected chi connectivity index (χ3v) is 6.53. The first kappa shape index (κ1) is 20.9. The fourth-order valence-corrected chi connectivity index (χ4v) is 4.63. The molecule has 154 valence electrons. The number of aliphatic imine (C=N–C) groups is 1. The molecule has 30 heavy (non-hydrogen) atoms. The summed E-state index contributed by atoms with van der Waals surface area (Å²) in [6, 6.07) is 10.3. The number of allylic oxidation sites excluding steroid dienone is 4. The summed E-state index contributed by atoms with van der Waals surface area (Å²) in [6.07, 6.45) is 7.36. The van der Waals surface area contributed by atoms with E-state index in [4.69, 9.17) is 16.6 Å². The first-order valence-electron chi connectivity index (χ1n) is 10.1. The number of hydrogen-bond donors (Lipinski definition) is 1. The highest BCUT2D eigenvalue weighted by atomic mass is 35.5. The molecular formula is C24H22ClFN2OS. The number of rotatable bonds is 5. The van der Waals surface area contributed by atoms with Gasteiger partial charge in [0.05, 0.1) is 11.4 Å². The average molecular weight is 441 g/mol. The number of nitrogens with one attached hydrogen (secondary N) is 1. The van der Waals surface area contributed by atoms with E-state index in [-0.39, 0.29) is 11.7 Å². The van der Waals surface area contributed by atoms with Crippen LogP contribution in [-0.4, -0.2) is 18.2 Å². The van der Waals surface area contributed by atoms with Crippen LogP contribution in [0.25, 0.3) is 0 Å². The molecule has 0 fully saturated rings. The molecule has 2 aromatic rings. The minimum Gasteiger partial charge on any atom is -0.352 e. The van der Waals surface area contributed by atoms with Crippen molar-refractivity contribution in [2.24, 2.45) is 4.99 Å². The number of amides is 1. The smallest absolute Gasteiger partial charge is 0.251 e. The van der Waals surface area contributed by atoms with Crippen molar-refractivity contribution >= 4 is 40.7 Å². The van der Waals surface area contributed by atoms with E-state index in [1.54, 1.807) is 18.2 Å². The van der Waals surface area contributed by atoms with Gasteiger partial charge in [-0.1, -0.05) is 42.8 Å². The lowest BCUT2D eigenvalue weighted by Crippen LogP contribution is -2.24. The molecule has 1 aliphatic heterocycles. The highest BCUT2D eigenvalue weighted by Gasteiger charge is 2.22. The topological polar surface area (TPSA) is 41.5 Å². The van der Waals surface area contributed by atoms with Gasteiger partial charge in [0.15, 0.2) is 0 Å². The number of hydrogen-bond acceptors (Lipinski definition) is 3. The van der Waals surface area contributed by atoms with Crippen LogP contribution in [-0.2, 0) is 0 Å². The zero-order chi connectivity index (χ0) is 21.1. The maximum Gasteiger partial charge on any atom is 0.251 e. The van der Waals surface area contributed by atoms with Crippen molar-refractivity contribution < 1.29 is 9.18 Å². The molecule has 0 aromatic heterocycles. The second-order valence-corrected chi connectivity index (χ2v) is 8.87. The largest absolute Gasteiger partial charge is 0.352 e. The van der Waals surface area contributed by atoms with E-state index in [0.29, 0.717) is 12.1 Å². The Kier molecular flexibility index (Phi) is 6.40. The molecule has 1 N–H and O–H groups in total. The van der Waals surface area contributed by atoms with Gasteiger partial charge in [0.1, 0.15) is 5.82 Å². The number of unbranched alkanes of at least 4 members (excludes halogenated alkanes) is 1. The van der Waals surface area contributed by atoms with Gasteiger partial charge in [-0.25, -0.2) is 9.38 Å². The standard InChI is InChI=1S/C24H22ClFN2OS/c1-2-3-12-27-24(29)16-6-11-21-20(13-16)28-23(15-4-7-17(25)8-5-15)19-10-9-18(26)14-22(19)30-21/h4,6-7,9-11,13-14H,2-3,5,8,12H2,1H3,(H,27,29). The van der Waals surface area contributed by atoms with Gasteiger partial charge in [0.25, 0.3) is 5.91 Å². The Balaban J connectivity index is 1.78. The van der Waals surface area contributed by atoms with Crippen molar-refractivity contribution in [3.63, 3.8) is 0 Å². The summed E-state index contributed by atoms with van der Waals surface area (Å²) >= 11 is 7.61. The predicted octanol–water partition coefficient (Wildman–Crippen LogP) is 6.78. The lowest BCUT2D eigenvalue weighted by molar-refractivity contribution is 0.0953. The number of nitrogens with zero attached hydrogens (tertiary/aromatic N) is 1. The van der Waals surface area contributed by atoms with Crippen LogP contribution in [0.5, 0.6) is 0 Å². The van der Waals surface area contributed by atoms with Crippen LogP contribution >= 0.6 is 23.4 Å². The van der Waals surface area contributed by atoms with Crippen molar-refractivity contribution in [2.75, 3.05) is 6.54 Å². The number of halogens is 2. The molecule has 0 saturated carbocycles. The Morgan fingerprint density at radius 1 is 1.17 bits per heavy atom. The SMILES string of the molecule is CCCCNC(=O)c1ccc2c(c1)N=C(C1=CC=C(Cl)CC1)c1ccc(F)cc1S2. The van der Waals surface area contributed by atoms with E-state index in [9.17, 15) is 9.18 Å². The van der Waals surface area contributed by atoms with Gasteiger partial charge in [-0.05, 0) is 67.3 Å². The molecule has 0 saturated heterocycles. The van der Waals surface area contributed by atoms with Gasteiger partial charge >= 0.3 is 0 Å². The fourth-order valence-electron chi connectivity index (χ4n) is 3.44. The van der Waals surface area contributed by atoms with Gasteiger partial charge in [-0.3, -0.25) is 4.79 Å². The third kappa shape index (κ3) is 4.52. The molecule has 4 rings (SSSR count). The van der Waals surface area contributed by atoms with Crippen LogP contribution in [0.2, 0.25) is 0 Å². The predicted molar refractivity (Wildman–Crippen MR) is 122 cm³/mol. The summed E-state index contributed by atoms with van der Waals surface area (Å²) < 4.78 is 14.0. The second kappa shape index (κ2) is 9.19. The van der Waals surface area contributed by atoms with Crippen LogP contribution in [0.4, 0.5) is 10.1 Å². The van der Waals surface area contributed by atoms with Crippen molar-refractivity contribution in [3.8, 4) is 0 Å². The van der Waals surface area contributed by atoms with E-state index in [1.807, 2.05) is 24.3 Å². The monoisotopic (exact) mass is 440 g/mol. The van der Waals surface area contributed by atoms with E-state index in [2.05, 4.69) is 12.2 Å². The second-order valence-electron chi connectivity index (χ2n) is 7.30. The molecule has 2 aliphatic rings. The summed E-state index contributed by atoms with van der Waals surface area (Å²) in [5.41, 5.74) is 4.05. The van der Waals surface area contributed by atoms with Gasteiger partial charge in [-0.15, -0.1) is 0 Å². The summed E-state index contributed by atoms with van der Waals surface area (Å²) in [5.74, 6) is -0.385. The Hall–Kier alpha value is -2.37. The van der Waals surface area contributed by atoms with Crippen LogP contribution in [0.1, 0.15) is 48.5 Å². The van der Waals surface area contributed by atoms with Gasteiger partial charge in [0, 0.05) is 32.5 Å².